The van der Waals surface area contributed by atoms with Gasteiger partial charge >= 0.3 is 12.3 Å². The minimum atomic E-state index is -4.76. The first-order chi connectivity index (χ1) is 20.1. The van der Waals surface area contributed by atoms with Crippen molar-refractivity contribution < 1.29 is 37.0 Å². The lowest BCUT2D eigenvalue weighted by Crippen LogP contribution is -2.34. The standard InChI is InChI=1S/C29H37F3N6O5/c1-18(39)35-19-9-7-10-21(15-19)42-25-22(29(30,31)32)17-34-26(37-25)36-23-12-11-20(16-24(23)41-6)38(5)14-8-13-33-27(40)43-28(2,3)4/h7,9-12,16-17,19H,8,13-15H2,1-6H3,(H,33,40)(H,35,39)(H,34,36,37). The van der Waals surface area contributed by atoms with Gasteiger partial charge < -0.3 is 35.1 Å². The SMILES string of the molecule is COc1cc(N(C)CCCNC(=O)OC(C)(C)C)ccc1Nc1ncc(C(F)(F)F)c(OC2=CC=CC(NC(C)=O)C2)n1. The van der Waals surface area contributed by atoms with Gasteiger partial charge in [0.15, 0.2) is 0 Å². The molecule has 1 heterocycles. The summed E-state index contributed by atoms with van der Waals surface area (Å²) in [6, 6.07) is 4.83. The van der Waals surface area contributed by atoms with Crippen LogP contribution in [-0.2, 0) is 15.7 Å². The van der Waals surface area contributed by atoms with Crippen molar-refractivity contribution in [2.24, 2.45) is 0 Å². The van der Waals surface area contributed by atoms with Crippen molar-refractivity contribution in [2.45, 2.75) is 58.4 Å². The van der Waals surface area contributed by atoms with Crippen molar-refractivity contribution in [3.63, 3.8) is 0 Å². The fraction of sp³-hybridized carbons (Fsp3) is 0.448. The van der Waals surface area contributed by atoms with Crippen LogP contribution in [0.15, 0.2) is 48.4 Å². The van der Waals surface area contributed by atoms with Crippen molar-refractivity contribution in [1.82, 2.24) is 20.6 Å². The first-order valence-corrected chi connectivity index (χ1v) is 13.5. The van der Waals surface area contributed by atoms with E-state index in [0.29, 0.717) is 37.1 Å². The van der Waals surface area contributed by atoms with Gasteiger partial charge in [0.2, 0.25) is 17.7 Å². The van der Waals surface area contributed by atoms with Gasteiger partial charge in [0.05, 0.1) is 18.8 Å². The number of halogens is 3. The summed E-state index contributed by atoms with van der Waals surface area (Å²) in [6.07, 6.45) is 1.02. The van der Waals surface area contributed by atoms with Crippen LogP contribution in [0.5, 0.6) is 11.6 Å². The first kappa shape index (κ1) is 33.0. The number of carbonyl (C=O) groups excluding carboxylic acids is 2. The number of nitrogens with zero attached hydrogens (tertiary/aromatic N) is 3. The van der Waals surface area contributed by atoms with E-state index in [1.807, 2.05) is 11.9 Å². The number of aromatic nitrogens is 2. The van der Waals surface area contributed by atoms with Gasteiger partial charge in [0, 0.05) is 51.4 Å². The van der Waals surface area contributed by atoms with E-state index in [-0.39, 0.29) is 24.0 Å². The van der Waals surface area contributed by atoms with E-state index in [1.54, 1.807) is 51.1 Å². The third kappa shape index (κ3) is 10.4. The molecule has 0 spiro atoms. The molecule has 1 aliphatic rings. The maximum absolute atomic E-state index is 13.7. The highest BCUT2D eigenvalue weighted by Crippen LogP contribution is 2.37. The summed E-state index contributed by atoms with van der Waals surface area (Å²) in [7, 11) is 3.34. The summed E-state index contributed by atoms with van der Waals surface area (Å²) < 4.78 is 57.5. The Morgan fingerprint density at radius 3 is 2.58 bits per heavy atom. The highest BCUT2D eigenvalue weighted by atomic mass is 19.4. The number of allylic oxidation sites excluding steroid dienone is 2. The van der Waals surface area contributed by atoms with Crippen LogP contribution in [0.25, 0.3) is 0 Å². The lowest BCUT2D eigenvalue weighted by Gasteiger charge is -2.22. The molecule has 3 N–H and O–H groups in total. The molecule has 0 fully saturated rings. The van der Waals surface area contributed by atoms with Crippen molar-refractivity contribution in [1.29, 1.82) is 0 Å². The number of methoxy groups -OCH3 is 1. The van der Waals surface area contributed by atoms with E-state index in [0.717, 1.165) is 5.69 Å². The fourth-order valence-electron chi connectivity index (χ4n) is 4.00. The quantitative estimate of drug-likeness (QED) is 0.291. The van der Waals surface area contributed by atoms with E-state index in [9.17, 15) is 22.8 Å². The van der Waals surface area contributed by atoms with Crippen molar-refractivity contribution in [3.8, 4) is 11.6 Å². The third-order valence-corrected chi connectivity index (χ3v) is 5.93. The van der Waals surface area contributed by atoms with Gasteiger partial charge in [-0.3, -0.25) is 4.79 Å². The molecule has 1 aliphatic carbocycles. The van der Waals surface area contributed by atoms with Gasteiger partial charge in [-0.25, -0.2) is 9.78 Å². The van der Waals surface area contributed by atoms with Gasteiger partial charge in [-0.1, -0.05) is 12.2 Å². The topological polar surface area (TPSA) is 127 Å². The molecule has 0 radical (unpaired) electrons. The summed E-state index contributed by atoms with van der Waals surface area (Å²) in [5.41, 5.74) is -0.490. The molecule has 0 saturated heterocycles. The van der Waals surface area contributed by atoms with Crippen LogP contribution < -0.4 is 30.3 Å². The van der Waals surface area contributed by atoms with Gasteiger partial charge in [-0.2, -0.15) is 18.2 Å². The second kappa shape index (κ2) is 14.1. The minimum Gasteiger partial charge on any atom is -0.494 e. The Labute approximate surface area is 248 Å². The molecule has 43 heavy (non-hydrogen) atoms. The highest BCUT2D eigenvalue weighted by molar-refractivity contribution is 5.73. The van der Waals surface area contributed by atoms with E-state index < -0.39 is 35.4 Å². The number of ether oxygens (including phenoxy) is 3. The Morgan fingerprint density at radius 2 is 1.93 bits per heavy atom. The molecular formula is C29H37F3N6O5. The lowest BCUT2D eigenvalue weighted by atomic mass is 10.1. The number of alkyl halides is 3. The minimum absolute atomic E-state index is 0.138. The number of anilines is 3. The first-order valence-electron chi connectivity index (χ1n) is 13.5. The third-order valence-electron chi connectivity index (χ3n) is 5.93. The average molecular weight is 607 g/mol. The van der Waals surface area contributed by atoms with Crippen LogP contribution in [0.4, 0.5) is 35.3 Å². The molecule has 3 rings (SSSR count). The summed E-state index contributed by atoms with van der Waals surface area (Å²) >= 11 is 0. The zero-order valence-corrected chi connectivity index (χ0v) is 25.0. The van der Waals surface area contributed by atoms with Crippen LogP contribution in [0.1, 0.15) is 46.1 Å². The van der Waals surface area contributed by atoms with Gasteiger partial charge in [-0.05, 0) is 45.4 Å². The molecule has 2 amide bonds. The Balaban J connectivity index is 1.70. The molecule has 234 valence electrons. The smallest absolute Gasteiger partial charge is 0.423 e. The predicted octanol–water partition coefficient (Wildman–Crippen LogP) is 5.33. The fourth-order valence-corrected chi connectivity index (χ4v) is 4.00. The Kier molecular flexibility index (Phi) is 10.8. The van der Waals surface area contributed by atoms with Crippen LogP contribution >= 0.6 is 0 Å². The molecule has 0 aliphatic heterocycles. The van der Waals surface area contributed by atoms with Crippen LogP contribution in [0, 0.1) is 0 Å². The van der Waals surface area contributed by atoms with Crippen molar-refractivity contribution in [3.05, 3.63) is 53.9 Å². The second-order valence-electron chi connectivity index (χ2n) is 10.8. The maximum atomic E-state index is 13.7. The van der Waals surface area contributed by atoms with Crippen LogP contribution in [0.2, 0.25) is 0 Å². The van der Waals surface area contributed by atoms with Crippen molar-refractivity contribution >= 4 is 29.3 Å². The van der Waals surface area contributed by atoms with Gasteiger partial charge in [0.1, 0.15) is 22.7 Å². The predicted molar refractivity (Wildman–Crippen MR) is 156 cm³/mol. The lowest BCUT2D eigenvalue weighted by molar-refractivity contribution is -0.139. The Bertz CT molecular complexity index is 1360. The summed E-state index contributed by atoms with van der Waals surface area (Å²) in [4.78, 5) is 33.0. The molecule has 0 bridgehead atoms. The molecule has 1 aromatic carbocycles. The summed E-state index contributed by atoms with van der Waals surface area (Å²) in [5.74, 6) is -0.491. The van der Waals surface area contributed by atoms with Gasteiger partial charge in [0.25, 0.3) is 0 Å². The number of alkyl carbamates (subject to hydrolysis) is 1. The maximum Gasteiger partial charge on any atom is 0.423 e. The Morgan fingerprint density at radius 1 is 1.19 bits per heavy atom. The van der Waals surface area contributed by atoms with E-state index >= 15 is 0 Å². The number of benzene rings is 1. The number of rotatable bonds is 11. The highest BCUT2D eigenvalue weighted by Gasteiger charge is 2.37. The van der Waals surface area contributed by atoms with Crippen molar-refractivity contribution in [2.75, 3.05) is 37.5 Å². The number of amides is 2. The molecule has 1 unspecified atom stereocenters. The number of hydrogen-bond donors (Lipinski definition) is 3. The second-order valence-corrected chi connectivity index (χ2v) is 10.8. The van der Waals surface area contributed by atoms with Crippen LogP contribution in [0.3, 0.4) is 0 Å². The normalized spacial score (nSPS) is 14.8. The van der Waals surface area contributed by atoms with Crippen LogP contribution in [-0.4, -0.2) is 60.9 Å². The van der Waals surface area contributed by atoms with E-state index in [1.165, 1.54) is 20.1 Å². The molecule has 0 saturated carbocycles. The monoisotopic (exact) mass is 606 g/mol. The molecule has 1 atom stereocenters. The zero-order chi connectivity index (χ0) is 31.8. The molecule has 2 aromatic rings. The summed E-state index contributed by atoms with van der Waals surface area (Å²) in [5, 5.41) is 8.30. The van der Waals surface area contributed by atoms with E-state index in [4.69, 9.17) is 14.2 Å². The van der Waals surface area contributed by atoms with Gasteiger partial charge in [-0.15, -0.1) is 0 Å². The molecular weight excluding hydrogens is 569 g/mol. The largest absolute Gasteiger partial charge is 0.494 e. The molecule has 1 aromatic heterocycles. The average Bonchev–Trinajstić information content (AvgIpc) is 2.89. The number of carbonyl (C=O) groups is 2. The number of hydrogen-bond acceptors (Lipinski definition) is 9. The zero-order valence-electron chi connectivity index (χ0n) is 25.0. The molecule has 14 heteroatoms. The van der Waals surface area contributed by atoms with E-state index in [2.05, 4.69) is 25.9 Å². The number of nitrogens with one attached hydrogen (secondary N) is 3. The molecule has 11 nitrogen and oxygen atoms in total. The summed E-state index contributed by atoms with van der Waals surface area (Å²) in [6.45, 7) is 7.76. The Hall–Kier alpha value is -4.49.